The zero-order chi connectivity index (χ0) is 51.6. The van der Waals surface area contributed by atoms with Gasteiger partial charge >= 0.3 is 0 Å². The molecule has 16 rings (SSSR count). The summed E-state index contributed by atoms with van der Waals surface area (Å²) in [5, 5.41) is 12.8. The molecule has 0 unspecified atom stereocenters. The first-order chi connectivity index (χ1) is 38.6. The Labute approximate surface area is 454 Å². The molecule has 14 aromatic carbocycles. The lowest BCUT2D eigenvalue weighted by atomic mass is 9.83. The summed E-state index contributed by atoms with van der Waals surface area (Å²) in [4.78, 5) is 4.81. The van der Waals surface area contributed by atoms with Crippen LogP contribution in [0.4, 0.5) is 22.7 Å². The summed E-state index contributed by atoms with van der Waals surface area (Å²) in [5.41, 5.74) is 24.8. The summed E-state index contributed by atoms with van der Waals surface area (Å²) < 4.78 is 0. The van der Waals surface area contributed by atoms with Gasteiger partial charge in [0.1, 0.15) is 0 Å². The Bertz CT molecular complexity index is 4370. The molecule has 2 nitrogen and oxygen atoms in total. The maximum Gasteiger partial charge on any atom is 0.0496 e. The Balaban J connectivity index is 0.733. The van der Waals surface area contributed by atoms with Crippen molar-refractivity contribution in [3.63, 3.8) is 0 Å². The van der Waals surface area contributed by atoms with Crippen LogP contribution in [0, 0.1) is 0 Å². The average Bonchev–Trinajstić information content (AvgIpc) is 3.70. The van der Waals surface area contributed by atoms with Gasteiger partial charge in [-0.25, -0.2) is 0 Å². The number of hydrogen-bond donors (Lipinski definition) is 0. The topological polar surface area (TPSA) is 6.48 Å². The third kappa shape index (κ3) is 6.57. The van der Waals surface area contributed by atoms with Crippen LogP contribution in [-0.4, -0.2) is 14.1 Å². The largest absolute Gasteiger partial charge is 0.344 e. The highest BCUT2D eigenvalue weighted by Crippen LogP contribution is 2.56. The molecule has 2 aliphatic heterocycles. The van der Waals surface area contributed by atoms with Gasteiger partial charge in [-0.3, -0.25) is 0 Å². The van der Waals surface area contributed by atoms with E-state index in [1.165, 1.54) is 166 Å². The predicted octanol–water partition coefficient (Wildman–Crippen LogP) is 21.0. The molecule has 78 heavy (non-hydrogen) atoms. The standard InChI is InChI=1S/C76H50N2/c1-77-67-43-44-68-76-66(56-40-38-54(46-70(56)78(68)2)48-31-35-52(36-32-48)74-63-27-15-11-23-59(63)72(50-19-7-4-8-20-50)60-24-12-16-28-64(60)74)42-41-65(75(67)76)55-39-37-53(45-69(55)77)47-29-33-51(34-30-47)73-61-25-13-9-21-57(61)71(49-17-5-3-6-18-49)58-22-10-14-26-62(58)73/h3-46H,1-2H3. The highest BCUT2D eigenvalue weighted by atomic mass is 15.1. The number of anilines is 4. The molecular weight excluding hydrogens is 941 g/mol. The summed E-state index contributed by atoms with van der Waals surface area (Å²) in [6.07, 6.45) is 0. The zero-order valence-electron chi connectivity index (χ0n) is 43.3. The molecule has 2 heterocycles. The minimum atomic E-state index is 1.20. The van der Waals surface area contributed by atoms with Gasteiger partial charge in [0.2, 0.25) is 0 Å². The van der Waals surface area contributed by atoms with Crippen LogP contribution in [0.1, 0.15) is 0 Å². The lowest BCUT2D eigenvalue weighted by molar-refractivity contribution is 1.19. The molecule has 0 saturated heterocycles. The SMILES string of the molecule is CN1c2cc(-c3ccc(-c4c5ccccc5c(-c5ccccc5)c5ccccc45)cc3)ccc2-c2ccc3c4c(ccc1c24)N(C)c1cc(-c2ccc(-c4c5ccccc5c(-c5ccccc5)c5ccccc45)cc2)ccc1-3. The number of hydrogen-bond acceptors (Lipinski definition) is 2. The van der Waals surface area contributed by atoms with Crippen LogP contribution in [0.2, 0.25) is 0 Å². The molecule has 0 spiro atoms. The van der Waals surface area contributed by atoms with Crippen molar-refractivity contribution in [3.05, 3.63) is 267 Å². The van der Waals surface area contributed by atoms with Gasteiger partial charge in [-0.15, -0.1) is 0 Å². The van der Waals surface area contributed by atoms with Crippen LogP contribution < -0.4 is 9.80 Å². The van der Waals surface area contributed by atoms with Crippen molar-refractivity contribution in [2.45, 2.75) is 0 Å². The van der Waals surface area contributed by atoms with Crippen molar-refractivity contribution in [2.75, 3.05) is 23.9 Å². The minimum absolute atomic E-state index is 1.20. The van der Waals surface area contributed by atoms with Crippen LogP contribution in [-0.2, 0) is 0 Å². The number of rotatable bonds is 6. The fraction of sp³-hybridized carbons (Fsp3) is 0.0263. The molecule has 0 fully saturated rings. The third-order valence-electron chi connectivity index (χ3n) is 17.1. The summed E-state index contributed by atoms with van der Waals surface area (Å²) in [6, 6.07) is 99.2. The van der Waals surface area contributed by atoms with E-state index in [1.807, 2.05) is 0 Å². The molecule has 364 valence electrons. The van der Waals surface area contributed by atoms with Crippen LogP contribution >= 0.6 is 0 Å². The van der Waals surface area contributed by atoms with E-state index in [9.17, 15) is 0 Å². The van der Waals surface area contributed by atoms with Crippen LogP contribution in [0.5, 0.6) is 0 Å². The quantitative estimate of drug-likeness (QED) is 0.153. The van der Waals surface area contributed by atoms with Gasteiger partial charge < -0.3 is 9.80 Å². The molecule has 0 amide bonds. The fourth-order valence-corrected chi connectivity index (χ4v) is 13.5. The van der Waals surface area contributed by atoms with E-state index in [-0.39, 0.29) is 0 Å². The molecule has 0 aromatic heterocycles. The molecule has 0 atom stereocenters. The predicted molar refractivity (Wildman–Crippen MR) is 334 cm³/mol. The summed E-state index contributed by atoms with van der Waals surface area (Å²) in [7, 11) is 4.47. The minimum Gasteiger partial charge on any atom is -0.344 e. The van der Waals surface area contributed by atoms with E-state index in [0.717, 1.165) is 0 Å². The molecule has 2 heteroatoms. The van der Waals surface area contributed by atoms with E-state index in [0.29, 0.717) is 0 Å². The van der Waals surface area contributed by atoms with Crippen LogP contribution in [0.15, 0.2) is 267 Å². The highest BCUT2D eigenvalue weighted by molar-refractivity contribution is 6.25. The van der Waals surface area contributed by atoms with E-state index < -0.39 is 0 Å². The number of nitrogens with zero attached hydrogens (tertiary/aromatic N) is 2. The first kappa shape index (κ1) is 44.3. The maximum absolute atomic E-state index is 2.40. The first-order valence-corrected chi connectivity index (χ1v) is 27.1. The molecule has 2 aliphatic rings. The van der Waals surface area contributed by atoms with Crippen molar-refractivity contribution >= 4 is 76.6 Å². The normalized spacial score (nSPS) is 12.4. The smallest absolute Gasteiger partial charge is 0.0496 e. The second-order valence-corrected chi connectivity index (χ2v) is 21.2. The second-order valence-electron chi connectivity index (χ2n) is 21.2. The highest BCUT2D eigenvalue weighted by Gasteiger charge is 2.30. The van der Waals surface area contributed by atoms with Crippen molar-refractivity contribution in [1.29, 1.82) is 0 Å². The van der Waals surface area contributed by atoms with Gasteiger partial charge in [-0.2, -0.15) is 0 Å². The van der Waals surface area contributed by atoms with Crippen molar-refractivity contribution in [3.8, 4) is 89.0 Å². The summed E-state index contributed by atoms with van der Waals surface area (Å²) in [5.74, 6) is 0. The van der Waals surface area contributed by atoms with Gasteiger partial charge in [0.15, 0.2) is 0 Å². The zero-order valence-corrected chi connectivity index (χ0v) is 43.3. The van der Waals surface area contributed by atoms with Crippen LogP contribution in [0.3, 0.4) is 0 Å². The van der Waals surface area contributed by atoms with E-state index in [4.69, 9.17) is 0 Å². The van der Waals surface area contributed by atoms with E-state index in [1.54, 1.807) is 0 Å². The number of benzene rings is 14. The van der Waals surface area contributed by atoms with Crippen molar-refractivity contribution in [2.24, 2.45) is 0 Å². The molecular formula is C76H50N2. The molecule has 0 radical (unpaired) electrons. The molecule has 0 N–H and O–H groups in total. The van der Waals surface area contributed by atoms with E-state index >= 15 is 0 Å². The summed E-state index contributed by atoms with van der Waals surface area (Å²) >= 11 is 0. The van der Waals surface area contributed by atoms with Gasteiger partial charge in [-0.05, 0) is 145 Å². The fourth-order valence-electron chi connectivity index (χ4n) is 13.5. The first-order valence-electron chi connectivity index (χ1n) is 27.1. The lowest BCUT2D eigenvalue weighted by Gasteiger charge is -2.36. The monoisotopic (exact) mass is 990 g/mol. The maximum atomic E-state index is 2.40. The Morgan fingerprint density at radius 3 is 0.744 bits per heavy atom. The molecule has 14 aromatic rings. The molecule has 0 aliphatic carbocycles. The van der Waals surface area contributed by atoms with E-state index in [2.05, 4.69) is 291 Å². The molecule has 0 bridgehead atoms. The third-order valence-corrected chi connectivity index (χ3v) is 17.1. The van der Waals surface area contributed by atoms with Crippen molar-refractivity contribution in [1.82, 2.24) is 0 Å². The summed E-state index contributed by atoms with van der Waals surface area (Å²) in [6.45, 7) is 0. The Hall–Kier alpha value is -10.0. The van der Waals surface area contributed by atoms with Gasteiger partial charge in [0, 0.05) is 58.7 Å². The van der Waals surface area contributed by atoms with Gasteiger partial charge in [0.05, 0.1) is 0 Å². The van der Waals surface area contributed by atoms with Crippen LogP contribution in [0.25, 0.3) is 143 Å². The number of fused-ring (bicyclic) bond motifs is 8. The second kappa shape index (κ2) is 17.3. The average molecular weight is 991 g/mol. The Kier molecular flexibility index (Phi) is 9.80. The Morgan fingerprint density at radius 1 is 0.192 bits per heavy atom. The molecule has 0 saturated carbocycles. The van der Waals surface area contributed by atoms with Crippen molar-refractivity contribution < 1.29 is 0 Å². The Morgan fingerprint density at radius 2 is 0.436 bits per heavy atom. The van der Waals surface area contributed by atoms with Gasteiger partial charge in [-0.1, -0.05) is 243 Å². The van der Waals surface area contributed by atoms with Gasteiger partial charge in [0.25, 0.3) is 0 Å². The lowest BCUT2D eigenvalue weighted by Crippen LogP contribution is -2.19.